The van der Waals surface area contributed by atoms with Crippen LogP contribution in [0.1, 0.15) is 40.0 Å². The standard InChI is InChI=1S/C23H28O3Si/c1-23(2,3)27(21-10-6-4-7-11-21,22-12-8-5-9-13-22)26-17-18-14-19(24)16-20(25)15-18/h4-13,18H,14-17H2,1-3H3. The van der Waals surface area contributed by atoms with Crippen LogP contribution < -0.4 is 10.4 Å². The number of ketones is 2. The summed E-state index contributed by atoms with van der Waals surface area (Å²) in [6, 6.07) is 20.9. The lowest BCUT2D eigenvalue weighted by Gasteiger charge is -2.43. The van der Waals surface area contributed by atoms with Crippen LogP contribution in [0.2, 0.25) is 5.04 Å². The zero-order valence-electron chi connectivity index (χ0n) is 16.4. The molecule has 0 atom stereocenters. The van der Waals surface area contributed by atoms with Crippen molar-refractivity contribution in [3.63, 3.8) is 0 Å². The topological polar surface area (TPSA) is 43.4 Å². The second kappa shape index (κ2) is 7.91. The molecule has 1 aliphatic carbocycles. The van der Waals surface area contributed by atoms with Crippen LogP contribution in [0.15, 0.2) is 60.7 Å². The van der Waals surface area contributed by atoms with E-state index in [4.69, 9.17) is 4.43 Å². The summed E-state index contributed by atoms with van der Waals surface area (Å²) in [5, 5.41) is 2.34. The highest BCUT2D eigenvalue weighted by Gasteiger charge is 2.50. The van der Waals surface area contributed by atoms with Gasteiger partial charge < -0.3 is 4.43 Å². The molecule has 4 heteroatoms. The molecule has 0 amide bonds. The van der Waals surface area contributed by atoms with Gasteiger partial charge in [0.15, 0.2) is 0 Å². The molecule has 3 nitrogen and oxygen atoms in total. The lowest BCUT2D eigenvalue weighted by atomic mass is 9.88. The maximum atomic E-state index is 11.9. The molecule has 0 saturated heterocycles. The minimum atomic E-state index is -2.60. The van der Waals surface area contributed by atoms with E-state index in [0.717, 1.165) is 0 Å². The van der Waals surface area contributed by atoms with Crippen LogP contribution in [0.4, 0.5) is 0 Å². The Morgan fingerprint density at radius 1 is 0.852 bits per heavy atom. The lowest BCUT2D eigenvalue weighted by molar-refractivity contribution is -0.131. The third kappa shape index (κ3) is 4.12. The average Bonchev–Trinajstić information content (AvgIpc) is 2.62. The van der Waals surface area contributed by atoms with E-state index in [2.05, 4.69) is 69.3 Å². The first-order valence-electron chi connectivity index (χ1n) is 9.61. The van der Waals surface area contributed by atoms with Crippen molar-refractivity contribution in [2.75, 3.05) is 6.61 Å². The molecule has 3 rings (SSSR count). The molecule has 0 N–H and O–H groups in total. The summed E-state index contributed by atoms with van der Waals surface area (Å²) in [6.07, 6.45) is 0.990. The van der Waals surface area contributed by atoms with Crippen LogP contribution in [-0.2, 0) is 14.0 Å². The number of rotatable bonds is 5. The van der Waals surface area contributed by atoms with Gasteiger partial charge in [-0.2, -0.15) is 0 Å². The average molecular weight is 381 g/mol. The fourth-order valence-corrected chi connectivity index (χ4v) is 8.84. The molecule has 0 heterocycles. The van der Waals surface area contributed by atoms with Gasteiger partial charge >= 0.3 is 0 Å². The number of carbonyl (C=O) groups excluding carboxylic acids is 2. The van der Waals surface area contributed by atoms with Gasteiger partial charge in [-0.3, -0.25) is 9.59 Å². The molecule has 27 heavy (non-hydrogen) atoms. The van der Waals surface area contributed by atoms with E-state index in [1.54, 1.807) is 0 Å². The largest absolute Gasteiger partial charge is 0.407 e. The monoisotopic (exact) mass is 380 g/mol. The second-order valence-corrected chi connectivity index (χ2v) is 12.8. The van der Waals surface area contributed by atoms with Gasteiger partial charge in [-0.1, -0.05) is 81.4 Å². The first-order valence-corrected chi connectivity index (χ1v) is 11.5. The summed E-state index contributed by atoms with van der Waals surface area (Å²) in [5.74, 6) is 0.0741. The Morgan fingerprint density at radius 3 is 1.70 bits per heavy atom. The molecule has 1 fully saturated rings. The van der Waals surface area contributed by atoms with E-state index >= 15 is 0 Å². The predicted molar refractivity (Wildman–Crippen MR) is 111 cm³/mol. The Labute approximate surface area is 162 Å². The van der Waals surface area contributed by atoms with Gasteiger partial charge in [-0.15, -0.1) is 0 Å². The number of Topliss-reactive ketones (excluding diaryl/α,β-unsaturated/α-hetero) is 2. The van der Waals surface area contributed by atoms with Crippen molar-refractivity contribution in [3.05, 3.63) is 60.7 Å². The highest BCUT2D eigenvalue weighted by molar-refractivity contribution is 6.99. The highest BCUT2D eigenvalue weighted by atomic mass is 28.4. The SMILES string of the molecule is CC(C)(C)[Si](OCC1CC(=O)CC(=O)C1)(c1ccccc1)c1ccccc1. The van der Waals surface area contributed by atoms with Gasteiger partial charge in [0.2, 0.25) is 0 Å². The molecule has 142 valence electrons. The Hall–Kier alpha value is -2.04. The maximum Gasteiger partial charge on any atom is 0.261 e. The Balaban J connectivity index is 2.01. The molecule has 0 bridgehead atoms. The third-order valence-corrected chi connectivity index (χ3v) is 10.4. The second-order valence-electron chi connectivity index (χ2n) is 8.50. The van der Waals surface area contributed by atoms with Crippen molar-refractivity contribution in [2.24, 2.45) is 5.92 Å². The van der Waals surface area contributed by atoms with Gasteiger partial charge in [0.05, 0.1) is 6.42 Å². The molecule has 0 radical (unpaired) electrons. The van der Waals surface area contributed by atoms with Gasteiger partial charge in [0, 0.05) is 19.4 Å². The van der Waals surface area contributed by atoms with Crippen LogP contribution in [0.3, 0.4) is 0 Å². The minimum absolute atomic E-state index is 0.0135. The van der Waals surface area contributed by atoms with Crippen LogP contribution in [-0.4, -0.2) is 26.5 Å². The molecule has 0 spiro atoms. The molecule has 0 aromatic heterocycles. The molecule has 0 aliphatic heterocycles. The summed E-state index contributed by atoms with van der Waals surface area (Å²) in [6.45, 7) is 7.15. The summed E-state index contributed by atoms with van der Waals surface area (Å²) < 4.78 is 6.84. The number of benzene rings is 2. The first kappa shape index (κ1) is 19.7. The zero-order valence-corrected chi connectivity index (χ0v) is 17.4. The maximum absolute atomic E-state index is 11.9. The Bertz CT molecular complexity index is 738. The van der Waals surface area contributed by atoms with Gasteiger partial charge in [-0.05, 0) is 21.3 Å². The summed E-state index contributed by atoms with van der Waals surface area (Å²) in [4.78, 5) is 23.8. The van der Waals surface area contributed by atoms with Crippen molar-refractivity contribution < 1.29 is 14.0 Å². The molecule has 1 aliphatic rings. The molecule has 0 unspecified atom stereocenters. The number of carbonyl (C=O) groups is 2. The number of hydrogen-bond donors (Lipinski definition) is 0. The van der Waals surface area contributed by atoms with Crippen molar-refractivity contribution in [1.82, 2.24) is 0 Å². The van der Waals surface area contributed by atoms with Gasteiger partial charge in [0.1, 0.15) is 11.6 Å². The van der Waals surface area contributed by atoms with E-state index in [0.29, 0.717) is 19.4 Å². The van der Waals surface area contributed by atoms with E-state index in [-0.39, 0.29) is 28.9 Å². The molecular weight excluding hydrogens is 352 g/mol. The molecule has 2 aromatic carbocycles. The van der Waals surface area contributed by atoms with Gasteiger partial charge in [-0.25, -0.2) is 0 Å². The summed E-state index contributed by atoms with van der Waals surface area (Å²) in [5.41, 5.74) is 0. The lowest BCUT2D eigenvalue weighted by Crippen LogP contribution is -2.67. The Kier molecular flexibility index (Phi) is 5.77. The summed E-state index contributed by atoms with van der Waals surface area (Å²) >= 11 is 0. The van der Waals surface area contributed by atoms with Crippen LogP contribution >= 0.6 is 0 Å². The van der Waals surface area contributed by atoms with Crippen molar-refractivity contribution in [3.8, 4) is 0 Å². The minimum Gasteiger partial charge on any atom is -0.407 e. The van der Waals surface area contributed by atoms with Gasteiger partial charge in [0.25, 0.3) is 8.32 Å². The summed E-state index contributed by atoms with van der Waals surface area (Å²) in [7, 11) is -2.60. The van der Waals surface area contributed by atoms with Crippen molar-refractivity contribution in [2.45, 2.75) is 45.1 Å². The van der Waals surface area contributed by atoms with E-state index < -0.39 is 8.32 Å². The van der Waals surface area contributed by atoms with E-state index in [9.17, 15) is 9.59 Å². The fourth-order valence-electron chi connectivity index (χ4n) is 4.20. The zero-order chi connectivity index (χ0) is 19.5. The van der Waals surface area contributed by atoms with Crippen molar-refractivity contribution in [1.29, 1.82) is 0 Å². The first-order chi connectivity index (χ1) is 12.8. The van der Waals surface area contributed by atoms with Crippen LogP contribution in [0.25, 0.3) is 0 Å². The molecule has 2 aromatic rings. The molecular formula is C23H28O3Si. The molecule has 1 saturated carbocycles. The predicted octanol–water partition coefficient (Wildman–Crippen LogP) is 3.50. The third-order valence-electron chi connectivity index (χ3n) is 5.38. The quantitative estimate of drug-likeness (QED) is 0.589. The Morgan fingerprint density at radius 2 is 1.30 bits per heavy atom. The highest BCUT2D eigenvalue weighted by Crippen LogP contribution is 2.37. The normalized spacial score (nSPS) is 16.6. The fraction of sp³-hybridized carbons (Fsp3) is 0.391. The van der Waals surface area contributed by atoms with Crippen molar-refractivity contribution >= 4 is 30.3 Å². The van der Waals surface area contributed by atoms with E-state index in [1.165, 1.54) is 10.4 Å². The van der Waals surface area contributed by atoms with E-state index in [1.807, 2.05) is 12.1 Å². The smallest absolute Gasteiger partial charge is 0.261 e. The van der Waals surface area contributed by atoms with Crippen LogP contribution in [0.5, 0.6) is 0 Å². The number of hydrogen-bond acceptors (Lipinski definition) is 3. The van der Waals surface area contributed by atoms with Crippen LogP contribution in [0, 0.1) is 5.92 Å².